The molecule has 124 valence electrons. The van der Waals surface area contributed by atoms with E-state index in [4.69, 9.17) is 4.74 Å². The van der Waals surface area contributed by atoms with Crippen molar-refractivity contribution in [1.29, 1.82) is 0 Å². The van der Waals surface area contributed by atoms with E-state index in [1.54, 1.807) is 28.2 Å². The molecule has 2 aliphatic heterocycles. The number of hydrogen-bond acceptors (Lipinski definition) is 6. The molecule has 0 bridgehead atoms. The first-order valence-corrected chi connectivity index (χ1v) is 8.64. The smallest absolute Gasteiger partial charge is 0.273 e. The lowest BCUT2D eigenvalue weighted by Crippen LogP contribution is -2.53. The van der Waals surface area contributed by atoms with Gasteiger partial charge in [0.25, 0.3) is 5.91 Å². The summed E-state index contributed by atoms with van der Waals surface area (Å²) in [7, 11) is 0. The summed E-state index contributed by atoms with van der Waals surface area (Å²) < 4.78 is 5.66. The van der Waals surface area contributed by atoms with Gasteiger partial charge >= 0.3 is 0 Å². The molecule has 7 nitrogen and oxygen atoms in total. The Kier molecular flexibility index (Phi) is 3.99. The highest BCUT2D eigenvalue weighted by Gasteiger charge is 2.44. The average Bonchev–Trinajstić information content (AvgIpc) is 3.27. The number of pyridine rings is 1. The predicted octanol–water partition coefficient (Wildman–Crippen LogP) is 0.790. The highest BCUT2D eigenvalue weighted by molar-refractivity contribution is 7.07. The molecule has 2 aliphatic rings. The summed E-state index contributed by atoms with van der Waals surface area (Å²) in [6, 6.07) is 3.66. The zero-order chi connectivity index (χ0) is 16.5. The molecule has 0 saturated carbocycles. The largest absolute Gasteiger partial charge is 0.364 e. The van der Waals surface area contributed by atoms with Gasteiger partial charge in [0, 0.05) is 37.4 Å². The summed E-state index contributed by atoms with van der Waals surface area (Å²) in [5.41, 5.74) is 3.11. The van der Waals surface area contributed by atoms with E-state index >= 15 is 0 Å². The second kappa shape index (κ2) is 6.29. The lowest BCUT2D eigenvalue weighted by molar-refractivity contribution is -0.153. The van der Waals surface area contributed by atoms with Crippen molar-refractivity contribution in [2.24, 2.45) is 0 Å². The van der Waals surface area contributed by atoms with Crippen molar-refractivity contribution in [3.63, 3.8) is 0 Å². The van der Waals surface area contributed by atoms with E-state index in [-0.39, 0.29) is 30.6 Å². The maximum atomic E-state index is 12.5. The standard InChI is InChI=1S/C16H16N4O3S/c21-15-8-23-14-7-19(16(22)12-9-24-10-18-12)6-13(14)20(15)5-11-1-3-17-4-2-11/h1-4,9-10,13-14H,5-8H2/t13-,14-/m1/s1. The number of aromatic nitrogens is 2. The molecule has 0 spiro atoms. The van der Waals surface area contributed by atoms with Gasteiger partial charge in [-0.05, 0) is 17.7 Å². The van der Waals surface area contributed by atoms with E-state index in [0.717, 1.165) is 5.56 Å². The monoisotopic (exact) mass is 344 g/mol. The van der Waals surface area contributed by atoms with Crippen LogP contribution in [0.25, 0.3) is 0 Å². The summed E-state index contributed by atoms with van der Waals surface area (Å²) in [6.07, 6.45) is 3.28. The Bertz CT molecular complexity index is 737. The van der Waals surface area contributed by atoms with Crippen LogP contribution in [0.2, 0.25) is 0 Å². The van der Waals surface area contributed by atoms with Gasteiger partial charge in [-0.2, -0.15) is 0 Å². The third-order valence-corrected chi connectivity index (χ3v) is 5.01. The van der Waals surface area contributed by atoms with E-state index in [1.165, 1.54) is 11.3 Å². The van der Waals surface area contributed by atoms with Crippen LogP contribution in [0.15, 0.2) is 35.4 Å². The number of carbonyl (C=O) groups excluding carboxylic acids is 2. The fraction of sp³-hybridized carbons (Fsp3) is 0.375. The first-order valence-electron chi connectivity index (χ1n) is 7.70. The zero-order valence-corrected chi connectivity index (χ0v) is 13.7. The molecule has 2 atom stereocenters. The quantitative estimate of drug-likeness (QED) is 0.823. The second-order valence-corrected chi connectivity index (χ2v) is 6.60. The first-order chi connectivity index (χ1) is 11.7. The maximum absolute atomic E-state index is 12.5. The molecule has 2 aromatic rings. The molecular weight excluding hydrogens is 328 g/mol. The number of rotatable bonds is 3. The Morgan fingerprint density at radius 1 is 1.33 bits per heavy atom. The maximum Gasteiger partial charge on any atom is 0.273 e. The Balaban J connectivity index is 1.52. The number of morpholine rings is 1. The number of hydrogen-bond donors (Lipinski definition) is 0. The van der Waals surface area contributed by atoms with E-state index in [9.17, 15) is 9.59 Å². The van der Waals surface area contributed by atoms with Gasteiger partial charge < -0.3 is 14.5 Å². The van der Waals surface area contributed by atoms with Crippen LogP contribution < -0.4 is 0 Å². The van der Waals surface area contributed by atoms with Gasteiger partial charge in [-0.3, -0.25) is 14.6 Å². The van der Waals surface area contributed by atoms with Crippen molar-refractivity contribution in [1.82, 2.24) is 19.8 Å². The van der Waals surface area contributed by atoms with Crippen molar-refractivity contribution >= 4 is 23.2 Å². The Morgan fingerprint density at radius 2 is 2.17 bits per heavy atom. The van der Waals surface area contributed by atoms with Crippen LogP contribution in [0.4, 0.5) is 0 Å². The number of fused-ring (bicyclic) bond motifs is 1. The zero-order valence-electron chi connectivity index (χ0n) is 12.9. The van der Waals surface area contributed by atoms with E-state index in [2.05, 4.69) is 9.97 Å². The molecular formula is C16H16N4O3S. The van der Waals surface area contributed by atoms with Gasteiger partial charge in [0.15, 0.2) is 0 Å². The minimum Gasteiger partial charge on any atom is -0.364 e. The fourth-order valence-electron chi connectivity index (χ4n) is 3.20. The molecule has 8 heteroatoms. The minimum absolute atomic E-state index is 0.0454. The van der Waals surface area contributed by atoms with Crippen LogP contribution in [-0.2, 0) is 16.1 Å². The van der Waals surface area contributed by atoms with Crippen molar-refractivity contribution < 1.29 is 14.3 Å². The minimum atomic E-state index is -0.146. The molecule has 0 radical (unpaired) electrons. The van der Waals surface area contributed by atoms with Gasteiger partial charge in [-0.25, -0.2) is 4.98 Å². The topological polar surface area (TPSA) is 75.6 Å². The van der Waals surface area contributed by atoms with Gasteiger partial charge in [-0.1, -0.05) is 0 Å². The van der Waals surface area contributed by atoms with E-state index in [1.807, 2.05) is 17.0 Å². The van der Waals surface area contributed by atoms with Crippen LogP contribution >= 0.6 is 11.3 Å². The van der Waals surface area contributed by atoms with Gasteiger partial charge in [-0.15, -0.1) is 11.3 Å². The molecule has 0 N–H and O–H groups in total. The summed E-state index contributed by atoms with van der Waals surface area (Å²) in [5, 5.41) is 1.74. The molecule has 24 heavy (non-hydrogen) atoms. The van der Waals surface area contributed by atoms with Crippen LogP contribution in [0.3, 0.4) is 0 Å². The van der Waals surface area contributed by atoms with E-state index in [0.29, 0.717) is 25.3 Å². The van der Waals surface area contributed by atoms with Crippen molar-refractivity contribution in [2.75, 3.05) is 19.7 Å². The molecule has 2 amide bonds. The summed E-state index contributed by atoms with van der Waals surface area (Å²) >= 11 is 1.39. The molecule has 2 saturated heterocycles. The lowest BCUT2D eigenvalue weighted by Gasteiger charge is -2.36. The van der Waals surface area contributed by atoms with Gasteiger partial charge in [0.1, 0.15) is 12.3 Å². The number of carbonyl (C=O) groups is 2. The van der Waals surface area contributed by atoms with Crippen LogP contribution in [-0.4, -0.2) is 63.4 Å². The second-order valence-electron chi connectivity index (χ2n) is 5.88. The SMILES string of the molecule is O=C(c1cscn1)N1C[C@@H]2[C@@H](C1)OCC(=O)N2Cc1ccncc1. The number of likely N-dealkylation sites (tertiary alicyclic amines) is 1. The highest BCUT2D eigenvalue weighted by Crippen LogP contribution is 2.26. The van der Waals surface area contributed by atoms with Gasteiger partial charge in [0.05, 0.1) is 17.7 Å². The number of thiazole rings is 1. The molecule has 0 unspecified atom stereocenters. The molecule has 0 aliphatic carbocycles. The summed E-state index contributed by atoms with van der Waals surface area (Å²) in [6.45, 7) is 1.52. The Hall–Kier alpha value is -2.32. The normalized spacial score (nSPS) is 23.4. The molecule has 4 heterocycles. The van der Waals surface area contributed by atoms with Crippen LogP contribution in [0, 0.1) is 0 Å². The van der Waals surface area contributed by atoms with Crippen LogP contribution in [0.1, 0.15) is 16.1 Å². The average molecular weight is 344 g/mol. The Labute approximate surface area is 142 Å². The predicted molar refractivity (Wildman–Crippen MR) is 86.3 cm³/mol. The van der Waals surface area contributed by atoms with E-state index < -0.39 is 0 Å². The van der Waals surface area contributed by atoms with Crippen molar-refractivity contribution in [3.05, 3.63) is 46.7 Å². The molecule has 2 aromatic heterocycles. The molecule has 4 rings (SSSR count). The third-order valence-electron chi connectivity index (χ3n) is 4.42. The van der Waals surface area contributed by atoms with Crippen molar-refractivity contribution in [2.45, 2.75) is 18.7 Å². The first kappa shape index (κ1) is 15.2. The molecule has 0 aromatic carbocycles. The number of amides is 2. The lowest BCUT2D eigenvalue weighted by atomic mass is 10.1. The third kappa shape index (κ3) is 2.78. The summed E-state index contributed by atoms with van der Waals surface area (Å²) in [5.74, 6) is -0.151. The number of ether oxygens (including phenoxy) is 1. The fourth-order valence-corrected chi connectivity index (χ4v) is 3.73. The number of nitrogens with zero attached hydrogens (tertiary/aromatic N) is 4. The Morgan fingerprint density at radius 3 is 2.92 bits per heavy atom. The van der Waals surface area contributed by atoms with Crippen LogP contribution in [0.5, 0.6) is 0 Å². The van der Waals surface area contributed by atoms with Crippen molar-refractivity contribution in [3.8, 4) is 0 Å². The van der Waals surface area contributed by atoms with Gasteiger partial charge in [0.2, 0.25) is 5.91 Å². The highest BCUT2D eigenvalue weighted by atomic mass is 32.1. The summed E-state index contributed by atoms with van der Waals surface area (Å²) in [4.78, 5) is 36.4. The molecule has 2 fully saturated rings.